The third-order valence-corrected chi connectivity index (χ3v) is 9.68. The molecule has 1 heterocycles. The zero-order chi connectivity index (χ0) is 33.3. The van der Waals surface area contributed by atoms with Gasteiger partial charge in [0.25, 0.3) is 0 Å². The summed E-state index contributed by atoms with van der Waals surface area (Å²) in [5, 5.41) is 0. The van der Waals surface area contributed by atoms with E-state index in [1.54, 1.807) is 11.0 Å². The molecule has 0 radical (unpaired) electrons. The minimum atomic E-state index is -4.11. The van der Waals surface area contributed by atoms with Crippen molar-refractivity contribution in [3.63, 3.8) is 0 Å². The molecule has 0 aromatic heterocycles. The summed E-state index contributed by atoms with van der Waals surface area (Å²) in [6.45, 7) is 0.327. The average molecular weight is 664 g/mol. The molecule has 1 aliphatic rings. The van der Waals surface area contributed by atoms with Gasteiger partial charge in [0.05, 0.1) is 18.0 Å². The zero-order valence-electron chi connectivity index (χ0n) is 26.3. The van der Waals surface area contributed by atoms with Crippen LogP contribution in [0.4, 0.5) is 18.9 Å². The number of alkyl halides is 3. The van der Waals surface area contributed by atoms with Crippen molar-refractivity contribution >= 4 is 21.7 Å². The first kappa shape index (κ1) is 34.2. The van der Waals surface area contributed by atoms with E-state index in [4.69, 9.17) is 4.18 Å². The summed E-state index contributed by atoms with van der Waals surface area (Å²) in [6.07, 6.45) is -0.359. The van der Waals surface area contributed by atoms with Gasteiger partial charge in [-0.15, -0.1) is 0 Å². The molecule has 0 atom stereocenters. The van der Waals surface area contributed by atoms with E-state index >= 15 is 0 Å². The highest BCUT2D eigenvalue weighted by molar-refractivity contribution is 7.87. The molecule has 0 saturated carbocycles. The van der Waals surface area contributed by atoms with Gasteiger partial charge < -0.3 is 9.08 Å². The number of carbonyl (C=O) groups excluding carboxylic acids is 1. The zero-order valence-corrected chi connectivity index (χ0v) is 27.2. The van der Waals surface area contributed by atoms with Crippen LogP contribution in [-0.2, 0) is 27.9 Å². The van der Waals surface area contributed by atoms with Gasteiger partial charge in [-0.1, -0.05) is 117 Å². The summed E-state index contributed by atoms with van der Waals surface area (Å²) in [5.41, 5.74) is 6.22. The Labute approximate surface area is 275 Å². The maximum Gasteiger partial charge on any atom is 0.389 e. The number of rotatable bonds is 15. The predicted octanol–water partition coefficient (Wildman–Crippen LogP) is 9.89. The largest absolute Gasteiger partial charge is 0.389 e. The summed E-state index contributed by atoms with van der Waals surface area (Å²) in [6, 6.07) is 31.4. The van der Waals surface area contributed by atoms with Crippen LogP contribution >= 0.6 is 0 Å². The van der Waals surface area contributed by atoms with Crippen LogP contribution in [0.25, 0.3) is 22.3 Å². The summed E-state index contributed by atoms with van der Waals surface area (Å²) >= 11 is 0. The highest BCUT2D eigenvalue weighted by atomic mass is 32.2. The number of fused-ring (bicyclic) bond motifs is 1. The van der Waals surface area contributed by atoms with Crippen molar-refractivity contribution in [3.8, 4) is 28.0 Å². The molecule has 4 aromatic carbocycles. The lowest BCUT2D eigenvalue weighted by atomic mass is 9.92. The Hall–Kier alpha value is -4.11. The molecule has 248 valence electrons. The topological polar surface area (TPSA) is 63.7 Å². The third kappa shape index (κ3) is 9.70. The molecule has 9 heteroatoms. The van der Waals surface area contributed by atoms with Crippen molar-refractivity contribution in [1.29, 1.82) is 0 Å². The van der Waals surface area contributed by atoms with Crippen LogP contribution in [0.1, 0.15) is 68.9 Å². The van der Waals surface area contributed by atoms with Crippen LogP contribution in [0.5, 0.6) is 5.75 Å². The Kier molecular flexibility index (Phi) is 11.4. The van der Waals surface area contributed by atoms with Crippen molar-refractivity contribution < 1.29 is 30.6 Å². The van der Waals surface area contributed by atoms with E-state index in [0.29, 0.717) is 49.9 Å². The lowest BCUT2D eigenvalue weighted by molar-refractivity contribution is -0.135. The van der Waals surface area contributed by atoms with Gasteiger partial charge in [-0.05, 0) is 53.6 Å². The van der Waals surface area contributed by atoms with Crippen LogP contribution in [0, 0.1) is 0 Å². The van der Waals surface area contributed by atoms with Crippen LogP contribution in [0.2, 0.25) is 0 Å². The van der Waals surface area contributed by atoms with Gasteiger partial charge in [0.2, 0.25) is 5.91 Å². The monoisotopic (exact) mass is 663 g/mol. The molecule has 47 heavy (non-hydrogen) atoms. The fraction of sp³-hybridized carbons (Fsp3) is 0.342. The second-order valence-corrected chi connectivity index (χ2v) is 13.7. The molecule has 0 saturated heterocycles. The molecule has 4 aromatic rings. The van der Waals surface area contributed by atoms with E-state index in [-0.39, 0.29) is 30.3 Å². The highest BCUT2D eigenvalue weighted by Crippen LogP contribution is 2.43. The quantitative estimate of drug-likeness (QED) is 0.0938. The van der Waals surface area contributed by atoms with Gasteiger partial charge in [0, 0.05) is 24.0 Å². The van der Waals surface area contributed by atoms with E-state index in [9.17, 15) is 26.4 Å². The normalized spacial score (nSPS) is 13.4. The minimum absolute atomic E-state index is 0.0415. The molecule has 1 amide bonds. The van der Waals surface area contributed by atoms with E-state index in [2.05, 4.69) is 0 Å². The number of halogens is 3. The molecular formula is C38H40F3NO4S. The highest BCUT2D eigenvalue weighted by Gasteiger charge is 2.31. The van der Waals surface area contributed by atoms with E-state index in [1.807, 2.05) is 91.0 Å². The van der Waals surface area contributed by atoms with Crippen LogP contribution in [0.15, 0.2) is 97.1 Å². The number of hydrogen-bond donors (Lipinski definition) is 0. The first-order valence-corrected chi connectivity index (χ1v) is 17.8. The number of anilines is 1. The predicted molar refractivity (Wildman–Crippen MR) is 181 cm³/mol. The Bertz CT molecular complexity index is 1720. The second kappa shape index (κ2) is 15.7. The minimum Gasteiger partial charge on any atom is -0.382 e. The first-order chi connectivity index (χ1) is 22.6. The molecule has 0 fully saturated rings. The molecule has 1 aliphatic heterocycles. The summed E-state index contributed by atoms with van der Waals surface area (Å²) < 4.78 is 68.8. The van der Waals surface area contributed by atoms with Crippen LogP contribution in [0.3, 0.4) is 0 Å². The number of carbonyl (C=O) groups is 1. The smallest absolute Gasteiger partial charge is 0.382 e. The number of benzene rings is 4. The lowest BCUT2D eigenvalue weighted by Crippen LogP contribution is -2.35. The molecule has 5 rings (SSSR count). The fourth-order valence-corrected chi connectivity index (χ4v) is 7.11. The van der Waals surface area contributed by atoms with Crippen molar-refractivity contribution in [2.75, 3.05) is 10.7 Å². The standard InChI is InChI=1S/C38H40F3NO4S/c39-38(40,41)26-12-4-2-1-3-5-13-27-47(44,45)46-35-24-22-33(32-16-10-7-11-17-32)37-34(35)23-25-36(43)42(37)28-29-18-20-31(21-19-29)30-14-8-6-9-15-30/h6-11,14-22,24H,1-5,12-13,23,25-28H2. The fourth-order valence-electron chi connectivity index (χ4n) is 6.04. The lowest BCUT2D eigenvalue weighted by Gasteiger charge is -2.33. The Morgan fingerprint density at radius 3 is 1.87 bits per heavy atom. The maximum atomic E-state index is 13.5. The molecule has 0 spiro atoms. The SMILES string of the molecule is O=C1CCc2c(OS(=O)(=O)CCCCCCCCCC(F)(F)F)ccc(-c3ccccc3)c2N1Cc1ccc(-c2ccccc2)cc1. The number of unbranched alkanes of at least 4 members (excludes halogenated alkanes) is 6. The summed E-state index contributed by atoms with van der Waals surface area (Å²) in [4.78, 5) is 15.2. The van der Waals surface area contributed by atoms with Gasteiger partial charge in [-0.25, -0.2) is 0 Å². The van der Waals surface area contributed by atoms with E-state index in [1.165, 1.54) is 0 Å². The second-order valence-electron chi connectivity index (χ2n) is 12.0. The maximum absolute atomic E-state index is 13.5. The van der Waals surface area contributed by atoms with Crippen molar-refractivity contribution in [2.24, 2.45) is 0 Å². The summed E-state index contributed by atoms with van der Waals surface area (Å²) in [7, 11) is -3.91. The van der Waals surface area contributed by atoms with Gasteiger partial charge >= 0.3 is 16.3 Å². The molecule has 0 aliphatic carbocycles. The summed E-state index contributed by atoms with van der Waals surface area (Å²) in [5.74, 6) is 0.0358. The average Bonchev–Trinajstić information content (AvgIpc) is 3.06. The van der Waals surface area contributed by atoms with Crippen LogP contribution in [-0.4, -0.2) is 26.3 Å². The van der Waals surface area contributed by atoms with Crippen molar-refractivity contribution in [3.05, 3.63) is 108 Å². The molecular weight excluding hydrogens is 623 g/mol. The Morgan fingerprint density at radius 2 is 1.23 bits per heavy atom. The van der Waals surface area contributed by atoms with Gasteiger partial charge in [-0.3, -0.25) is 4.79 Å². The van der Waals surface area contributed by atoms with Crippen molar-refractivity contribution in [1.82, 2.24) is 0 Å². The van der Waals surface area contributed by atoms with Gasteiger partial charge in [0.1, 0.15) is 5.75 Å². The van der Waals surface area contributed by atoms with Crippen LogP contribution < -0.4 is 9.08 Å². The van der Waals surface area contributed by atoms with Gasteiger partial charge in [0.15, 0.2) is 0 Å². The number of hydrogen-bond acceptors (Lipinski definition) is 4. The molecule has 0 N–H and O–H groups in total. The van der Waals surface area contributed by atoms with Crippen molar-refractivity contribution in [2.45, 2.75) is 76.9 Å². The molecule has 0 unspecified atom stereocenters. The van der Waals surface area contributed by atoms with Gasteiger partial charge in [-0.2, -0.15) is 21.6 Å². The Balaban J connectivity index is 1.30. The number of nitrogens with zero attached hydrogens (tertiary/aromatic N) is 1. The third-order valence-electron chi connectivity index (χ3n) is 8.46. The van der Waals surface area contributed by atoms with E-state index < -0.39 is 22.7 Å². The molecule has 0 bridgehead atoms. The Morgan fingerprint density at radius 1 is 0.660 bits per heavy atom. The number of amides is 1. The van der Waals surface area contributed by atoms with E-state index in [0.717, 1.165) is 40.7 Å². The first-order valence-electron chi connectivity index (χ1n) is 16.2. The molecule has 5 nitrogen and oxygen atoms in total.